The van der Waals surface area contributed by atoms with Gasteiger partial charge in [-0.05, 0) is 20.8 Å². The van der Waals surface area contributed by atoms with Crippen LogP contribution in [0, 0.1) is 13.8 Å². The van der Waals surface area contributed by atoms with E-state index in [1.165, 1.54) is 5.56 Å². The maximum Gasteiger partial charge on any atom is 0.0898 e. The van der Waals surface area contributed by atoms with Gasteiger partial charge in [-0.3, -0.25) is 4.68 Å². The first-order valence-corrected chi connectivity index (χ1v) is 6.58. The molecule has 2 aromatic rings. The monoisotopic (exact) mass is 250 g/mol. The van der Waals surface area contributed by atoms with Crippen molar-refractivity contribution in [1.29, 1.82) is 0 Å². The highest BCUT2D eigenvalue weighted by Crippen LogP contribution is 2.16. The van der Waals surface area contributed by atoms with Crippen molar-refractivity contribution >= 4 is 11.3 Å². The van der Waals surface area contributed by atoms with Gasteiger partial charge in [0.2, 0.25) is 0 Å². The summed E-state index contributed by atoms with van der Waals surface area (Å²) in [5, 5.41) is 11.0. The predicted octanol–water partition coefficient (Wildman–Crippen LogP) is 2.34. The Morgan fingerprint density at radius 1 is 1.47 bits per heavy atom. The average Bonchev–Trinajstić information content (AvgIpc) is 2.82. The van der Waals surface area contributed by atoms with Gasteiger partial charge < -0.3 is 5.32 Å². The van der Waals surface area contributed by atoms with Crippen molar-refractivity contribution in [3.63, 3.8) is 0 Å². The van der Waals surface area contributed by atoms with E-state index in [2.05, 4.69) is 33.9 Å². The molecular weight excluding hydrogens is 232 g/mol. The van der Waals surface area contributed by atoms with Crippen LogP contribution in [-0.2, 0) is 13.6 Å². The molecule has 17 heavy (non-hydrogen) atoms. The maximum atomic E-state index is 4.49. The molecule has 0 aliphatic rings. The normalized spacial score (nSPS) is 12.9. The highest BCUT2D eigenvalue weighted by molar-refractivity contribution is 7.09. The van der Waals surface area contributed by atoms with Crippen LogP contribution < -0.4 is 5.32 Å². The lowest BCUT2D eigenvalue weighted by Crippen LogP contribution is -2.18. The number of nitrogens with one attached hydrogen (secondary N) is 1. The number of thiazole rings is 1. The minimum atomic E-state index is 0.277. The zero-order chi connectivity index (χ0) is 12.4. The van der Waals surface area contributed by atoms with Crippen LogP contribution in [0.4, 0.5) is 0 Å². The van der Waals surface area contributed by atoms with Gasteiger partial charge in [0.15, 0.2) is 0 Å². The lowest BCUT2D eigenvalue weighted by atomic mass is 10.2. The quantitative estimate of drug-likeness (QED) is 0.905. The van der Waals surface area contributed by atoms with Crippen molar-refractivity contribution in [1.82, 2.24) is 20.1 Å². The Bertz CT molecular complexity index is 500. The van der Waals surface area contributed by atoms with E-state index in [0.29, 0.717) is 0 Å². The molecule has 0 saturated heterocycles. The number of nitrogens with zero attached hydrogens (tertiary/aromatic N) is 3. The molecule has 5 heteroatoms. The standard InChI is InChI=1S/C12H18N4S/c1-8-11(6-16(4)15-8)5-13-9(2)12-7-17-10(3)14-12/h6-7,9,13H,5H2,1-4H3. The van der Waals surface area contributed by atoms with E-state index in [-0.39, 0.29) is 6.04 Å². The summed E-state index contributed by atoms with van der Waals surface area (Å²) in [7, 11) is 1.95. The van der Waals surface area contributed by atoms with E-state index in [4.69, 9.17) is 0 Å². The van der Waals surface area contributed by atoms with Gasteiger partial charge in [0.05, 0.1) is 16.4 Å². The number of hydrogen-bond donors (Lipinski definition) is 1. The van der Waals surface area contributed by atoms with E-state index in [0.717, 1.165) is 22.9 Å². The molecule has 1 atom stereocenters. The minimum Gasteiger partial charge on any atom is -0.305 e. The molecule has 2 rings (SSSR count). The zero-order valence-corrected chi connectivity index (χ0v) is 11.5. The van der Waals surface area contributed by atoms with Crippen molar-refractivity contribution in [3.8, 4) is 0 Å². The van der Waals surface area contributed by atoms with Gasteiger partial charge in [0.25, 0.3) is 0 Å². The highest BCUT2D eigenvalue weighted by atomic mass is 32.1. The molecule has 0 aromatic carbocycles. The number of aromatic nitrogens is 3. The Morgan fingerprint density at radius 2 is 2.24 bits per heavy atom. The molecule has 0 bridgehead atoms. The summed E-state index contributed by atoms with van der Waals surface area (Å²) in [5.41, 5.74) is 3.45. The molecule has 0 radical (unpaired) electrons. The van der Waals surface area contributed by atoms with E-state index in [9.17, 15) is 0 Å². The summed E-state index contributed by atoms with van der Waals surface area (Å²) in [5.74, 6) is 0. The topological polar surface area (TPSA) is 42.7 Å². The van der Waals surface area contributed by atoms with Crippen LogP contribution in [0.25, 0.3) is 0 Å². The number of rotatable bonds is 4. The summed E-state index contributed by atoms with van der Waals surface area (Å²) in [6.45, 7) is 7.04. The molecule has 2 aromatic heterocycles. The van der Waals surface area contributed by atoms with Gasteiger partial charge >= 0.3 is 0 Å². The molecule has 4 nitrogen and oxygen atoms in total. The summed E-state index contributed by atoms with van der Waals surface area (Å²) in [4.78, 5) is 4.49. The molecule has 0 spiro atoms. The van der Waals surface area contributed by atoms with Crippen molar-refractivity contribution in [2.75, 3.05) is 0 Å². The van der Waals surface area contributed by atoms with E-state index in [1.54, 1.807) is 11.3 Å². The van der Waals surface area contributed by atoms with Crippen LogP contribution in [0.2, 0.25) is 0 Å². The van der Waals surface area contributed by atoms with Crippen molar-refractivity contribution in [2.24, 2.45) is 7.05 Å². The first kappa shape index (κ1) is 12.3. The minimum absolute atomic E-state index is 0.277. The lowest BCUT2D eigenvalue weighted by molar-refractivity contribution is 0.562. The summed E-state index contributed by atoms with van der Waals surface area (Å²) >= 11 is 1.69. The third-order valence-corrected chi connectivity index (χ3v) is 3.59. The Balaban J connectivity index is 1.96. The molecule has 0 amide bonds. The van der Waals surface area contributed by atoms with Gasteiger partial charge in [-0.15, -0.1) is 11.3 Å². The number of aryl methyl sites for hydroxylation is 3. The molecule has 1 N–H and O–H groups in total. The van der Waals surface area contributed by atoms with Crippen LogP contribution in [0.15, 0.2) is 11.6 Å². The van der Waals surface area contributed by atoms with E-state index in [1.807, 2.05) is 25.6 Å². The molecule has 0 aliphatic carbocycles. The van der Waals surface area contributed by atoms with Crippen molar-refractivity contribution in [2.45, 2.75) is 33.4 Å². The molecular formula is C12H18N4S. The van der Waals surface area contributed by atoms with Crippen molar-refractivity contribution in [3.05, 3.63) is 33.5 Å². The third kappa shape index (κ3) is 2.92. The van der Waals surface area contributed by atoms with Crippen LogP contribution >= 0.6 is 11.3 Å². The number of hydrogen-bond acceptors (Lipinski definition) is 4. The zero-order valence-electron chi connectivity index (χ0n) is 10.7. The fourth-order valence-corrected chi connectivity index (χ4v) is 2.48. The molecule has 1 unspecified atom stereocenters. The molecule has 92 valence electrons. The molecule has 0 fully saturated rings. The van der Waals surface area contributed by atoms with Gasteiger partial charge in [0.1, 0.15) is 0 Å². The SMILES string of the molecule is Cc1nc(C(C)NCc2cn(C)nc2C)cs1. The Morgan fingerprint density at radius 3 is 2.76 bits per heavy atom. The fraction of sp³-hybridized carbons (Fsp3) is 0.500. The Kier molecular flexibility index (Phi) is 3.59. The van der Waals surface area contributed by atoms with E-state index < -0.39 is 0 Å². The Labute approximate surface area is 106 Å². The smallest absolute Gasteiger partial charge is 0.0898 e. The molecule has 0 aliphatic heterocycles. The molecule has 2 heterocycles. The second-order valence-corrected chi connectivity index (χ2v) is 5.37. The van der Waals surface area contributed by atoms with Gasteiger partial charge in [-0.2, -0.15) is 5.10 Å². The second-order valence-electron chi connectivity index (χ2n) is 4.31. The van der Waals surface area contributed by atoms with Crippen LogP contribution in [-0.4, -0.2) is 14.8 Å². The fourth-order valence-electron chi connectivity index (χ4n) is 1.77. The molecule has 0 saturated carbocycles. The van der Waals surface area contributed by atoms with Crippen LogP contribution in [0.5, 0.6) is 0 Å². The van der Waals surface area contributed by atoms with E-state index >= 15 is 0 Å². The highest BCUT2D eigenvalue weighted by Gasteiger charge is 2.09. The van der Waals surface area contributed by atoms with Crippen LogP contribution in [0.1, 0.15) is 34.9 Å². The Hall–Kier alpha value is -1.20. The largest absolute Gasteiger partial charge is 0.305 e. The average molecular weight is 250 g/mol. The third-order valence-electron chi connectivity index (χ3n) is 2.79. The first-order chi connectivity index (χ1) is 8.06. The second kappa shape index (κ2) is 4.98. The predicted molar refractivity (Wildman–Crippen MR) is 70.1 cm³/mol. The van der Waals surface area contributed by atoms with Crippen molar-refractivity contribution < 1.29 is 0 Å². The summed E-state index contributed by atoms with van der Waals surface area (Å²) < 4.78 is 1.85. The summed E-state index contributed by atoms with van der Waals surface area (Å²) in [6, 6.07) is 0.277. The van der Waals surface area contributed by atoms with Gasteiger partial charge in [-0.1, -0.05) is 0 Å². The van der Waals surface area contributed by atoms with Crippen LogP contribution in [0.3, 0.4) is 0 Å². The maximum absolute atomic E-state index is 4.49. The summed E-state index contributed by atoms with van der Waals surface area (Å²) in [6.07, 6.45) is 2.06. The first-order valence-electron chi connectivity index (χ1n) is 5.71. The van der Waals surface area contributed by atoms with Gasteiger partial charge in [0, 0.05) is 36.8 Å². The van der Waals surface area contributed by atoms with Gasteiger partial charge in [-0.25, -0.2) is 4.98 Å². The lowest BCUT2D eigenvalue weighted by Gasteiger charge is -2.10.